The Kier molecular flexibility index (Phi) is 4.68. The van der Waals surface area contributed by atoms with E-state index in [4.69, 9.17) is 10.7 Å². The van der Waals surface area contributed by atoms with Crippen molar-refractivity contribution in [2.24, 2.45) is 5.73 Å². The lowest BCUT2D eigenvalue weighted by atomic mass is 9.70. The lowest BCUT2D eigenvalue weighted by molar-refractivity contribution is -0.134. The molecule has 3 heterocycles. The molecule has 1 atom stereocenters. The SMILES string of the molecule is N[C@@H](CO)C(=O)N1CCC(c2ccccc2)(c2cn3ccccc3n2)CC1. The van der Waals surface area contributed by atoms with Gasteiger partial charge in [0.1, 0.15) is 11.7 Å². The highest BCUT2D eigenvalue weighted by molar-refractivity contribution is 5.82. The second-order valence-electron chi connectivity index (χ2n) is 7.15. The molecule has 6 nitrogen and oxygen atoms in total. The number of nitrogens with zero attached hydrogens (tertiary/aromatic N) is 3. The minimum atomic E-state index is -0.843. The smallest absolute Gasteiger partial charge is 0.241 e. The Hall–Kier alpha value is -2.70. The molecule has 1 fully saturated rings. The molecule has 0 aliphatic carbocycles. The zero-order valence-electron chi connectivity index (χ0n) is 15.2. The van der Waals surface area contributed by atoms with E-state index in [9.17, 15) is 9.90 Å². The normalized spacial score (nSPS) is 17.8. The van der Waals surface area contributed by atoms with E-state index in [2.05, 4.69) is 18.3 Å². The number of hydrogen-bond donors (Lipinski definition) is 2. The van der Waals surface area contributed by atoms with E-state index >= 15 is 0 Å². The molecule has 0 bridgehead atoms. The summed E-state index contributed by atoms with van der Waals surface area (Å²) in [5.74, 6) is -0.186. The monoisotopic (exact) mass is 364 g/mol. The van der Waals surface area contributed by atoms with Gasteiger partial charge in [0, 0.05) is 30.9 Å². The van der Waals surface area contributed by atoms with Crippen molar-refractivity contribution in [1.29, 1.82) is 0 Å². The first kappa shape index (κ1) is 17.7. The van der Waals surface area contributed by atoms with Crippen LogP contribution in [0, 0.1) is 0 Å². The van der Waals surface area contributed by atoms with E-state index in [1.165, 1.54) is 5.56 Å². The summed E-state index contributed by atoms with van der Waals surface area (Å²) in [6.07, 6.45) is 5.64. The van der Waals surface area contributed by atoms with Crippen LogP contribution in [0.1, 0.15) is 24.1 Å². The zero-order chi connectivity index (χ0) is 18.9. The van der Waals surface area contributed by atoms with Crippen molar-refractivity contribution in [1.82, 2.24) is 14.3 Å². The van der Waals surface area contributed by atoms with Gasteiger partial charge in [-0.15, -0.1) is 0 Å². The van der Waals surface area contributed by atoms with Gasteiger partial charge in [-0.1, -0.05) is 36.4 Å². The molecule has 0 radical (unpaired) electrons. The molecule has 1 amide bonds. The fraction of sp³-hybridized carbons (Fsp3) is 0.333. The third-order valence-corrected chi connectivity index (χ3v) is 5.62. The van der Waals surface area contributed by atoms with Crippen molar-refractivity contribution in [2.75, 3.05) is 19.7 Å². The van der Waals surface area contributed by atoms with Gasteiger partial charge in [-0.3, -0.25) is 4.79 Å². The van der Waals surface area contributed by atoms with Gasteiger partial charge in [-0.25, -0.2) is 4.98 Å². The largest absolute Gasteiger partial charge is 0.394 e. The molecule has 1 saturated heterocycles. The average molecular weight is 364 g/mol. The van der Waals surface area contributed by atoms with Gasteiger partial charge in [0.2, 0.25) is 5.91 Å². The van der Waals surface area contributed by atoms with Crippen LogP contribution in [0.2, 0.25) is 0 Å². The van der Waals surface area contributed by atoms with Crippen LogP contribution in [0.15, 0.2) is 60.9 Å². The second-order valence-corrected chi connectivity index (χ2v) is 7.15. The maximum atomic E-state index is 12.4. The van der Waals surface area contributed by atoms with Gasteiger partial charge in [-0.2, -0.15) is 0 Å². The Bertz CT molecular complexity index is 897. The first-order valence-corrected chi connectivity index (χ1v) is 9.29. The molecule has 1 aliphatic heterocycles. The summed E-state index contributed by atoms with van der Waals surface area (Å²) in [4.78, 5) is 19.0. The average Bonchev–Trinajstić information content (AvgIpc) is 3.18. The molecule has 2 aromatic heterocycles. The number of aliphatic hydroxyl groups excluding tert-OH is 1. The number of carbonyl (C=O) groups is 1. The molecule has 1 aliphatic rings. The van der Waals surface area contributed by atoms with Gasteiger partial charge < -0.3 is 20.1 Å². The van der Waals surface area contributed by atoms with Crippen molar-refractivity contribution in [2.45, 2.75) is 24.3 Å². The lowest BCUT2D eigenvalue weighted by Crippen LogP contribution is -2.51. The number of benzene rings is 1. The van der Waals surface area contributed by atoms with E-state index in [0.717, 1.165) is 24.2 Å². The van der Waals surface area contributed by atoms with E-state index in [1.807, 2.05) is 47.0 Å². The fourth-order valence-corrected chi connectivity index (χ4v) is 4.04. The molecule has 1 aromatic carbocycles. The summed E-state index contributed by atoms with van der Waals surface area (Å²) >= 11 is 0. The number of rotatable bonds is 4. The quantitative estimate of drug-likeness (QED) is 0.736. The predicted octanol–water partition coefficient (Wildman–Crippen LogP) is 1.56. The number of piperidine rings is 1. The molecular formula is C21H24N4O2. The number of likely N-dealkylation sites (tertiary alicyclic amines) is 1. The van der Waals surface area contributed by atoms with Gasteiger partial charge in [0.15, 0.2) is 0 Å². The Morgan fingerprint density at radius 1 is 1.15 bits per heavy atom. The van der Waals surface area contributed by atoms with Crippen molar-refractivity contribution in [3.05, 3.63) is 72.2 Å². The molecule has 3 aromatic rings. The van der Waals surface area contributed by atoms with Gasteiger partial charge in [0.25, 0.3) is 0 Å². The highest BCUT2D eigenvalue weighted by atomic mass is 16.3. The molecule has 4 rings (SSSR count). The van der Waals surface area contributed by atoms with E-state index in [0.29, 0.717) is 13.1 Å². The van der Waals surface area contributed by atoms with Gasteiger partial charge in [-0.05, 0) is 30.5 Å². The number of fused-ring (bicyclic) bond motifs is 1. The lowest BCUT2D eigenvalue weighted by Gasteiger charge is -2.42. The molecule has 6 heteroatoms. The standard InChI is InChI=1S/C21H24N4O2/c22-17(15-26)20(27)24-12-9-21(10-13-24,16-6-2-1-3-7-16)18-14-25-11-5-4-8-19(25)23-18/h1-8,11,14,17,26H,9-10,12-13,15,22H2/t17-/m0/s1. The third kappa shape index (κ3) is 3.11. The van der Waals surface area contributed by atoms with Crippen LogP contribution in [0.4, 0.5) is 0 Å². The van der Waals surface area contributed by atoms with E-state index in [-0.39, 0.29) is 17.9 Å². The van der Waals surface area contributed by atoms with Crippen LogP contribution < -0.4 is 5.73 Å². The predicted molar refractivity (Wildman–Crippen MR) is 103 cm³/mol. The van der Waals surface area contributed by atoms with Crippen molar-refractivity contribution in [3.63, 3.8) is 0 Å². The summed E-state index contributed by atoms with van der Waals surface area (Å²) in [6, 6.07) is 15.5. The number of aliphatic hydroxyl groups is 1. The van der Waals surface area contributed by atoms with Crippen LogP contribution in [0.25, 0.3) is 5.65 Å². The summed E-state index contributed by atoms with van der Waals surface area (Å²) in [5, 5.41) is 9.19. The topological polar surface area (TPSA) is 83.9 Å². The highest BCUT2D eigenvalue weighted by Crippen LogP contribution is 2.41. The Morgan fingerprint density at radius 3 is 2.52 bits per heavy atom. The molecule has 0 saturated carbocycles. The fourth-order valence-electron chi connectivity index (χ4n) is 4.04. The van der Waals surface area contributed by atoms with Crippen LogP contribution >= 0.6 is 0 Å². The number of imidazole rings is 1. The maximum absolute atomic E-state index is 12.4. The summed E-state index contributed by atoms with van der Waals surface area (Å²) in [6.45, 7) is 0.857. The molecule has 3 N–H and O–H groups in total. The number of carbonyl (C=O) groups excluding carboxylic acids is 1. The van der Waals surface area contributed by atoms with Gasteiger partial charge in [0.05, 0.1) is 12.3 Å². The number of amides is 1. The second kappa shape index (κ2) is 7.13. The number of hydrogen-bond acceptors (Lipinski definition) is 4. The Morgan fingerprint density at radius 2 is 1.85 bits per heavy atom. The molecule has 0 spiro atoms. The van der Waals surface area contributed by atoms with Gasteiger partial charge >= 0.3 is 0 Å². The van der Waals surface area contributed by atoms with Crippen molar-refractivity contribution >= 4 is 11.6 Å². The van der Waals surface area contributed by atoms with E-state index in [1.54, 1.807) is 4.90 Å². The summed E-state index contributed by atoms with van der Waals surface area (Å²) in [5.41, 5.74) is 8.65. The van der Waals surface area contributed by atoms with Crippen molar-refractivity contribution in [3.8, 4) is 0 Å². The molecule has 140 valence electrons. The summed E-state index contributed by atoms with van der Waals surface area (Å²) < 4.78 is 2.04. The van der Waals surface area contributed by atoms with Crippen LogP contribution in [0.3, 0.4) is 0 Å². The van der Waals surface area contributed by atoms with E-state index < -0.39 is 6.04 Å². The minimum absolute atomic E-state index is 0.186. The maximum Gasteiger partial charge on any atom is 0.241 e. The van der Waals surface area contributed by atoms with Crippen LogP contribution in [0.5, 0.6) is 0 Å². The third-order valence-electron chi connectivity index (χ3n) is 5.62. The number of pyridine rings is 1. The minimum Gasteiger partial charge on any atom is -0.394 e. The zero-order valence-corrected chi connectivity index (χ0v) is 15.2. The van der Waals surface area contributed by atoms with Crippen molar-refractivity contribution < 1.29 is 9.90 Å². The van der Waals surface area contributed by atoms with Crippen LogP contribution in [-0.2, 0) is 10.2 Å². The first-order valence-electron chi connectivity index (χ1n) is 9.29. The number of nitrogens with two attached hydrogens (primary N) is 1. The highest BCUT2D eigenvalue weighted by Gasteiger charge is 2.41. The van der Waals surface area contributed by atoms with Crippen LogP contribution in [-0.4, -0.2) is 51.0 Å². The molecular weight excluding hydrogens is 340 g/mol. The number of aromatic nitrogens is 2. The molecule has 0 unspecified atom stereocenters. The Labute approximate surface area is 158 Å². The summed E-state index contributed by atoms with van der Waals surface area (Å²) in [7, 11) is 0. The first-order chi connectivity index (χ1) is 13.1. The molecule has 27 heavy (non-hydrogen) atoms. The Balaban J connectivity index is 1.70.